The van der Waals surface area contributed by atoms with Gasteiger partial charge in [0.2, 0.25) is 5.91 Å². The van der Waals surface area contributed by atoms with Crippen LogP contribution in [0.5, 0.6) is 0 Å². The second-order valence-electron chi connectivity index (χ2n) is 2.83. The average Bonchev–Trinajstić information content (AvgIpc) is 2.14. The lowest BCUT2D eigenvalue weighted by atomic mass is 10.5. The molecule has 0 heterocycles. The van der Waals surface area contributed by atoms with Gasteiger partial charge in [-0.25, -0.2) is 4.79 Å². The average molecular weight is 187 g/mol. The van der Waals surface area contributed by atoms with Gasteiger partial charge in [0.15, 0.2) is 0 Å². The molecule has 13 heavy (non-hydrogen) atoms. The van der Waals surface area contributed by atoms with Crippen molar-refractivity contribution in [3.63, 3.8) is 0 Å². The van der Waals surface area contributed by atoms with Gasteiger partial charge in [0.05, 0.1) is 0 Å². The molecule has 0 aliphatic carbocycles. The van der Waals surface area contributed by atoms with E-state index in [0.717, 1.165) is 0 Å². The standard InChI is InChI=1S/C8H17N3O2/c1-5-10(3)8(13)11(4)6-7(12)9-2/h5-6H2,1-4H3,(H,9,12). The molecule has 0 aromatic rings. The van der Waals surface area contributed by atoms with Gasteiger partial charge in [0, 0.05) is 27.7 Å². The molecule has 5 heteroatoms. The zero-order valence-corrected chi connectivity index (χ0v) is 8.63. The summed E-state index contributed by atoms with van der Waals surface area (Å²) in [6, 6.07) is -0.147. The Morgan fingerprint density at radius 1 is 1.23 bits per heavy atom. The smallest absolute Gasteiger partial charge is 0.319 e. The molecule has 76 valence electrons. The Morgan fingerprint density at radius 3 is 2.15 bits per heavy atom. The molecule has 0 aromatic heterocycles. The predicted molar refractivity (Wildman–Crippen MR) is 50.4 cm³/mol. The van der Waals surface area contributed by atoms with Gasteiger partial charge in [-0.1, -0.05) is 0 Å². The van der Waals surface area contributed by atoms with E-state index in [1.807, 2.05) is 6.92 Å². The molecule has 1 N–H and O–H groups in total. The van der Waals surface area contributed by atoms with Crippen molar-refractivity contribution < 1.29 is 9.59 Å². The number of likely N-dealkylation sites (N-methyl/N-ethyl adjacent to an activating group) is 2. The van der Waals surface area contributed by atoms with Crippen LogP contribution in [0.2, 0.25) is 0 Å². The van der Waals surface area contributed by atoms with E-state index in [4.69, 9.17) is 0 Å². The zero-order valence-electron chi connectivity index (χ0n) is 8.63. The summed E-state index contributed by atoms with van der Waals surface area (Å²) in [6.07, 6.45) is 0. The lowest BCUT2D eigenvalue weighted by molar-refractivity contribution is -0.121. The lowest BCUT2D eigenvalue weighted by Crippen LogP contribution is -2.43. The number of hydrogen-bond acceptors (Lipinski definition) is 2. The van der Waals surface area contributed by atoms with Crippen LogP contribution in [-0.4, -0.2) is 56.0 Å². The Balaban J connectivity index is 4.03. The highest BCUT2D eigenvalue weighted by atomic mass is 16.2. The van der Waals surface area contributed by atoms with Gasteiger partial charge in [-0.2, -0.15) is 0 Å². The van der Waals surface area contributed by atoms with Crippen molar-refractivity contribution in [2.24, 2.45) is 0 Å². The fourth-order valence-electron chi connectivity index (χ4n) is 0.789. The number of hydrogen-bond donors (Lipinski definition) is 1. The van der Waals surface area contributed by atoms with Crippen molar-refractivity contribution in [3.8, 4) is 0 Å². The molecular weight excluding hydrogens is 170 g/mol. The van der Waals surface area contributed by atoms with Crippen molar-refractivity contribution in [2.75, 3.05) is 34.2 Å². The number of nitrogens with zero attached hydrogens (tertiary/aromatic N) is 2. The minimum absolute atomic E-state index is 0.0969. The third-order valence-electron chi connectivity index (χ3n) is 1.79. The van der Waals surface area contributed by atoms with E-state index in [9.17, 15) is 9.59 Å². The van der Waals surface area contributed by atoms with Crippen molar-refractivity contribution >= 4 is 11.9 Å². The van der Waals surface area contributed by atoms with Crippen LogP contribution in [0.1, 0.15) is 6.92 Å². The van der Waals surface area contributed by atoms with Crippen molar-refractivity contribution in [1.82, 2.24) is 15.1 Å². The van der Waals surface area contributed by atoms with Gasteiger partial charge < -0.3 is 15.1 Å². The third kappa shape index (κ3) is 3.78. The Morgan fingerprint density at radius 2 is 1.77 bits per heavy atom. The molecule has 5 nitrogen and oxygen atoms in total. The SMILES string of the molecule is CCN(C)C(=O)N(C)CC(=O)NC. The van der Waals surface area contributed by atoms with Crippen LogP contribution < -0.4 is 5.32 Å². The first-order valence-corrected chi connectivity index (χ1v) is 4.19. The maximum Gasteiger partial charge on any atom is 0.319 e. The van der Waals surface area contributed by atoms with E-state index in [1.165, 1.54) is 4.90 Å². The molecule has 0 saturated heterocycles. The minimum atomic E-state index is -0.166. The van der Waals surface area contributed by atoms with Crippen LogP contribution in [0, 0.1) is 0 Å². The lowest BCUT2D eigenvalue weighted by Gasteiger charge is -2.22. The number of nitrogens with one attached hydrogen (secondary N) is 1. The van der Waals surface area contributed by atoms with Crippen LogP contribution in [-0.2, 0) is 4.79 Å². The quantitative estimate of drug-likeness (QED) is 0.661. The largest absolute Gasteiger partial charge is 0.358 e. The first kappa shape index (κ1) is 11.7. The number of rotatable bonds is 3. The Bertz CT molecular complexity index is 194. The maximum atomic E-state index is 11.4. The molecule has 0 rings (SSSR count). The van der Waals surface area contributed by atoms with Gasteiger partial charge >= 0.3 is 6.03 Å². The van der Waals surface area contributed by atoms with E-state index in [0.29, 0.717) is 6.54 Å². The van der Waals surface area contributed by atoms with Gasteiger partial charge in [-0.3, -0.25) is 4.79 Å². The Kier molecular flexibility index (Phi) is 4.87. The molecule has 0 saturated carbocycles. The molecule has 0 atom stereocenters. The Hall–Kier alpha value is -1.26. The van der Waals surface area contributed by atoms with Crippen LogP contribution in [0.3, 0.4) is 0 Å². The summed E-state index contributed by atoms with van der Waals surface area (Å²) < 4.78 is 0. The molecule has 0 radical (unpaired) electrons. The second-order valence-corrected chi connectivity index (χ2v) is 2.83. The molecular formula is C8H17N3O2. The summed E-state index contributed by atoms with van der Waals surface area (Å²) in [5, 5.41) is 2.46. The zero-order chi connectivity index (χ0) is 10.4. The van der Waals surface area contributed by atoms with Crippen molar-refractivity contribution in [2.45, 2.75) is 6.92 Å². The monoisotopic (exact) mass is 187 g/mol. The van der Waals surface area contributed by atoms with E-state index >= 15 is 0 Å². The molecule has 0 bridgehead atoms. The molecule has 0 aliphatic heterocycles. The van der Waals surface area contributed by atoms with Crippen LogP contribution in [0.15, 0.2) is 0 Å². The van der Waals surface area contributed by atoms with Gasteiger partial charge in [-0.15, -0.1) is 0 Å². The van der Waals surface area contributed by atoms with E-state index in [-0.39, 0.29) is 18.5 Å². The normalized spacial score (nSPS) is 9.23. The summed E-state index contributed by atoms with van der Waals surface area (Å²) >= 11 is 0. The van der Waals surface area contributed by atoms with Crippen molar-refractivity contribution in [1.29, 1.82) is 0 Å². The second kappa shape index (κ2) is 5.40. The minimum Gasteiger partial charge on any atom is -0.358 e. The van der Waals surface area contributed by atoms with Crippen LogP contribution in [0.25, 0.3) is 0 Å². The van der Waals surface area contributed by atoms with Crippen LogP contribution in [0.4, 0.5) is 4.79 Å². The summed E-state index contributed by atoms with van der Waals surface area (Å²) in [7, 11) is 4.84. The first-order chi connectivity index (χ1) is 6.02. The van der Waals surface area contributed by atoms with Gasteiger partial charge in [-0.05, 0) is 6.92 Å². The molecule has 0 spiro atoms. The highest BCUT2D eigenvalue weighted by molar-refractivity contribution is 5.83. The highest BCUT2D eigenvalue weighted by Crippen LogP contribution is 1.92. The fourth-order valence-corrected chi connectivity index (χ4v) is 0.789. The Labute approximate surface area is 78.7 Å². The van der Waals surface area contributed by atoms with Crippen LogP contribution >= 0.6 is 0 Å². The van der Waals surface area contributed by atoms with Crippen molar-refractivity contribution in [3.05, 3.63) is 0 Å². The molecule has 0 aromatic carbocycles. The topological polar surface area (TPSA) is 52.7 Å². The summed E-state index contributed by atoms with van der Waals surface area (Å²) in [4.78, 5) is 25.2. The number of amides is 3. The molecule has 0 aliphatic rings. The predicted octanol–water partition coefficient (Wildman–Crippen LogP) is -0.264. The number of carbonyl (C=O) groups is 2. The van der Waals surface area contributed by atoms with E-state index < -0.39 is 0 Å². The fraction of sp³-hybridized carbons (Fsp3) is 0.750. The van der Waals surface area contributed by atoms with Gasteiger partial charge in [0.1, 0.15) is 6.54 Å². The van der Waals surface area contributed by atoms with Gasteiger partial charge in [0.25, 0.3) is 0 Å². The summed E-state index contributed by atoms with van der Waals surface area (Å²) in [5.41, 5.74) is 0. The summed E-state index contributed by atoms with van der Waals surface area (Å²) in [6.45, 7) is 2.61. The van der Waals surface area contributed by atoms with E-state index in [1.54, 1.807) is 26.0 Å². The van der Waals surface area contributed by atoms with E-state index in [2.05, 4.69) is 5.32 Å². The highest BCUT2D eigenvalue weighted by Gasteiger charge is 2.14. The molecule has 0 fully saturated rings. The number of carbonyl (C=O) groups excluding carboxylic acids is 2. The molecule has 3 amide bonds. The maximum absolute atomic E-state index is 11.4. The third-order valence-corrected chi connectivity index (χ3v) is 1.79. The summed E-state index contributed by atoms with van der Waals surface area (Å²) in [5.74, 6) is -0.166. The number of urea groups is 1. The molecule has 0 unspecified atom stereocenters. The first-order valence-electron chi connectivity index (χ1n) is 4.19.